The molecule has 0 aliphatic carbocycles. The van der Waals surface area contributed by atoms with Crippen LogP contribution in [0.4, 0.5) is 0 Å². The second-order valence-corrected chi connectivity index (χ2v) is 3.21. The van der Waals surface area contributed by atoms with Gasteiger partial charge in [0.15, 0.2) is 10.9 Å². The fraction of sp³-hybridized carbons (Fsp3) is 0.500. The molecule has 0 bridgehead atoms. The fourth-order valence-electron chi connectivity index (χ4n) is 1.01. The monoisotopic (exact) mass is 199 g/mol. The highest BCUT2D eigenvalue weighted by Crippen LogP contribution is 2.20. The molecule has 0 saturated carbocycles. The maximum absolute atomic E-state index is 5.80. The van der Waals surface area contributed by atoms with Crippen LogP contribution >= 0.6 is 11.6 Å². The SMILES string of the molecule is CCCCCOc1cccnc1Cl. The molecule has 0 N–H and O–H groups in total. The van der Waals surface area contributed by atoms with Crippen molar-refractivity contribution in [2.75, 3.05) is 6.61 Å². The third-order valence-corrected chi connectivity index (χ3v) is 2.01. The number of nitrogens with zero attached hydrogens (tertiary/aromatic N) is 1. The summed E-state index contributed by atoms with van der Waals surface area (Å²) < 4.78 is 5.44. The smallest absolute Gasteiger partial charge is 0.171 e. The molecule has 2 nitrogen and oxygen atoms in total. The summed E-state index contributed by atoms with van der Waals surface area (Å²) in [7, 11) is 0. The van der Waals surface area contributed by atoms with Crippen LogP contribution in [0.5, 0.6) is 5.75 Å². The number of hydrogen-bond acceptors (Lipinski definition) is 2. The molecule has 1 rings (SSSR count). The Balaban J connectivity index is 2.32. The van der Waals surface area contributed by atoms with Crippen molar-refractivity contribution in [1.82, 2.24) is 4.98 Å². The van der Waals surface area contributed by atoms with E-state index in [9.17, 15) is 0 Å². The molecule has 0 spiro atoms. The summed E-state index contributed by atoms with van der Waals surface area (Å²) in [6.45, 7) is 2.89. The Hall–Kier alpha value is -0.760. The van der Waals surface area contributed by atoms with E-state index in [-0.39, 0.29) is 0 Å². The number of rotatable bonds is 5. The van der Waals surface area contributed by atoms with Gasteiger partial charge in [-0.1, -0.05) is 31.4 Å². The average Bonchev–Trinajstić information content (AvgIpc) is 2.15. The molecular formula is C10H14ClNO. The molecule has 0 radical (unpaired) electrons. The highest BCUT2D eigenvalue weighted by atomic mass is 35.5. The van der Waals surface area contributed by atoms with Gasteiger partial charge in [-0.2, -0.15) is 0 Å². The zero-order valence-corrected chi connectivity index (χ0v) is 8.55. The van der Waals surface area contributed by atoms with Crippen LogP contribution in [0.2, 0.25) is 5.15 Å². The van der Waals surface area contributed by atoms with Crippen molar-refractivity contribution in [3.8, 4) is 5.75 Å². The molecule has 0 aliphatic heterocycles. The quantitative estimate of drug-likeness (QED) is 0.536. The van der Waals surface area contributed by atoms with Gasteiger partial charge in [0.2, 0.25) is 0 Å². The Labute approximate surface area is 83.9 Å². The van der Waals surface area contributed by atoms with Crippen LogP contribution in [-0.4, -0.2) is 11.6 Å². The lowest BCUT2D eigenvalue weighted by Crippen LogP contribution is -1.97. The molecule has 13 heavy (non-hydrogen) atoms. The summed E-state index contributed by atoms with van der Waals surface area (Å²) in [6, 6.07) is 3.66. The molecule has 0 aromatic carbocycles. The number of aromatic nitrogens is 1. The van der Waals surface area contributed by atoms with Crippen LogP contribution in [0.3, 0.4) is 0 Å². The van der Waals surface area contributed by atoms with E-state index in [1.807, 2.05) is 12.1 Å². The minimum absolute atomic E-state index is 0.444. The number of pyridine rings is 1. The van der Waals surface area contributed by atoms with E-state index in [0.717, 1.165) is 13.0 Å². The van der Waals surface area contributed by atoms with Gasteiger partial charge >= 0.3 is 0 Å². The maximum Gasteiger partial charge on any atom is 0.171 e. The Bertz CT molecular complexity index is 252. The predicted molar refractivity (Wildman–Crippen MR) is 54.3 cm³/mol. The lowest BCUT2D eigenvalue weighted by Gasteiger charge is -2.05. The lowest BCUT2D eigenvalue weighted by atomic mass is 10.3. The first-order valence-electron chi connectivity index (χ1n) is 4.58. The van der Waals surface area contributed by atoms with Crippen molar-refractivity contribution in [3.05, 3.63) is 23.5 Å². The van der Waals surface area contributed by atoms with Crippen LogP contribution in [0.25, 0.3) is 0 Å². The summed E-state index contributed by atoms with van der Waals surface area (Å²) in [4.78, 5) is 3.92. The van der Waals surface area contributed by atoms with Gasteiger partial charge in [0.1, 0.15) is 0 Å². The minimum Gasteiger partial charge on any atom is -0.490 e. The van der Waals surface area contributed by atoms with E-state index in [0.29, 0.717) is 10.9 Å². The van der Waals surface area contributed by atoms with Crippen molar-refractivity contribution >= 4 is 11.6 Å². The van der Waals surface area contributed by atoms with E-state index < -0.39 is 0 Å². The average molecular weight is 200 g/mol. The Kier molecular flexibility index (Phi) is 4.61. The first-order chi connectivity index (χ1) is 6.34. The molecule has 72 valence electrons. The molecular weight excluding hydrogens is 186 g/mol. The zero-order valence-electron chi connectivity index (χ0n) is 7.79. The largest absolute Gasteiger partial charge is 0.490 e. The molecule has 3 heteroatoms. The normalized spacial score (nSPS) is 10.0. The van der Waals surface area contributed by atoms with Gasteiger partial charge < -0.3 is 4.74 Å². The molecule has 1 aromatic rings. The highest BCUT2D eigenvalue weighted by molar-refractivity contribution is 6.30. The lowest BCUT2D eigenvalue weighted by molar-refractivity contribution is 0.305. The van der Waals surface area contributed by atoms with E-state index in [1.165, 1.54) is 12.8 Å². The van der Waals surface area contributed by atoms with Crippen molar-refractivity contribution in [2.24, 2.45) is 0 Å². The minimum atomic E-state index is 0.444. The second-order valence-electron chi connectivity index (χ2n) is 2.85. The Morgan fingerprint density at radius 3 is 3.00 bits per heavy atom. The number of halogens is 1. The third kappa shape index (κ3) is 3.64. The van der Waals surface area contributed by atoms with Gasteiger partial charge in [0, 0.05) is 6.20 Å². The molecule has 0 aliphatic rings. The van der Waals surface area contributed by atoms with Crippen molar-refractivity contribution in [3.63, 3.8) is 0 Å². The van der Waals surface area contributed by atoms with Crippen LogP contribution in [-0.2, 0) is 0 Å². The van der Waals surface area contributed by atoms with Crippen LogP contribution in [0, 0.1) is 0 Å². The van der Waals surface area contributed by atoms with Gasteiger partial charge in [-0.25, -0.2) is 4.98 Å². The van der Waals surface area contributed by atoms with Crippen LogP contribution < -0.4 is 4.74 Å². The van der Waals surface area contributed by atoms with Gasteiger partial charge in [-0.15, -0.1) is 0 Å². The summed E-state index contributed by atoms with van der Waals surface area (Å²) in [6.07, 6.45) is 5.12. The van der Waals surface area contributed by atoms with Gasteiger partial charge in [-0.05, 0) is 18.6 Å². The third-order valence-electron chi connectivity index (χ3n) is 1.73. The summed E-state index contributed by atoms with van der Waals surface area (Å²) >= 11 is 5.80. The van der Waals surface area contributed by atoms with E-state index in [2.05, 4.69) is 11.9 Å². The molecule has 0 saturated heterocycles. The number of unbranched alkanes of at least 4 members (excludes halogenated alkanes) is 2. The number of hydrogen-bond donors (Lipinski definition) is 0. The standard InChI is InChI=1S/C10H14ClNO/c1-2-3-4-8-13-9-6-5-7-12-10(9)11/h5-7H,2-4,8H2,1H3. The summed E-state index contributed by atoms with van der Waals surface area (Å²) in [5.74, 6) is 0.681. The van der Waals surface area contributed by atoms with E-state index >= 15 is 0 Å². The molecule has 0 atom stereocenters. The molecule has 0 unspecified atom stereocenters. The molecule has 0 fully saturated rings. The van der Waals surface area contributed by atoms with E-state index in [4.69, 9.17) is 16.3 Å². The predicted octanol–water partition coefficient (Wildman–Crippen LogP) is 3.30. The Morgan fingerprint density at radius 1 is 1.46 bits per heavy atom. The second kappa shape index (κ2) is 5.81. The Morgan fingerprint density at radius 2 is 2.31 bits per heavy atom. The van der Waals surface area contributed by atoms with Crippen molar-refractivity contribution in [1.29, 1.82) is 0 Å². The van der Waals surface area contributed by atoms with Crippen molar-refractivity contribution in [2.45, 2.75) is 26.2 Å². The van der Waals surface area contributed by atoms with Crippen LogP contribution in [0.1, 0.15) is 26.2 Å². The first kappa shape index (κ1) is 10.3. The molecule has 1 aromatic heterocycles. The van der Waals surface area contributed by atoms with Gasteiger partial charge in [-0.3, -0.25) is 0 Å². The van der Waals surface area contributed by atoms with Gasteiger partial charge in [0.05, 0.1) is 6.61 Å². The fourth-order valence-corrected chi connectivity index (χ4v) is 1.19. The molecule has 0 amide bonds. The maximum atomic E-state index is 5.80. The summed E-state index contributed by atoms with van der Waals surface area (Å²) in [5.41, 5.74) is 0. The van der Waals surface area contributed by atoms with Gasteiger partial charge in [0.25, 0.3) is 0 Å². The highest BCUT2D eigenvalue weighted by Gasteiger charge is 1.99. The molecule has 1 heterocycles. The van der Waals surface area contributed by atoms with E-state index in [1.54, 1.807) is 6.20 Å². The summed E-state index contributed by atoms with van der Waals surface area (Å²) in [5, 5.41) is 0.444. The first-order valence-corrected chi connectivity index (χ1v) is 4.95. The van der Waals surface area contributed by atoms with Crippen LogP contribution in [0.15, 0.2) is 18.3 Å². The van der Waals surface area contributed by atoms with Crippen molar-refractivity contribution < 1.29 is 4.74 Å². The zero-order chi connectivity index (χ0) is 9.52. The number of ether oxygens (including phenoxy) is 1. The topological polar surface area (TPSA) is 22.1 Å².